The summed E-state index contributed by atoms with van der Waals surface area (Å²) in [6.07, 6.45) is 6.01. The number of carboxylic acid groups (broad SMARTS) is 1. The van der Waals surface area contributed by atoms with E-state index >= 15 is 0 Å². The predicted molar refractivity (Wildman–Crippen MR) is 66.8 cm³/mol. The number of rotatable bonds is 3. The molecule has 2 atom stereocenters. The van der Waals surface area contributed by atoms with E-state index in [-0.39, 0.29) is 11.8 Å². The summed E-state index contributed by atoms with van der Waals surface area (Å²) in [4.78, 5) is 25.1. The Morgan fingerprint density at radius 3 is 2.83 bits per heavy atom. The Balaban J connectivity index is 2.11. The Bertz CT molecular complexity index is 378. The van der Waals surface area contributed by atoms with Crippen LogP contribution in [-0.2, 0) is 9.59 Å². The molecule has 1 amide bonds. The van der Waals surface area contributed by atoms with Gasteiger partial charge in [0, 0.05) is 13.1 Å². The topological polar surface area (TPSA) is 83.6 Å². The van der Waals surface area contributed by atoms with E-state index in [0.29, 0.717) is 19.5 Å². The van der Waals surface area contributed by atoms with Gasteiger partial charge in [0.15, 0.2) is 0 Å². The molecule has 0 bridgehead atoms. The summed E-state index contributed by atoms with van der Waals surface area (Å²) < 4.78 is 0. The van der Waals surface area contributed by atoms with Gasteiger partial charge in [-0.2, -0.15) is 0 Å². The normalized spacial score (nSPS) is 30.1. The lowest BCUT2D eigenvalue weighted by atomic mass is 10.00. The lowest BCUT2D eigenvalue weighted by Gasteiger charge is -2.25. The highest BCUT2D eigenvalue weighted by Crippen LogP contribution is 2.34. The average Bonchev–Trinajstić information content (AvgIpc) is 2.96. The summed E-state index contributed by atoms with van der Waals surface area (Å²) in [6.45, 7) is 1.02. The lowest BCUT2D eigenvalue weighted by Crippen LogP contribution is -2.43. The second-order valence-electron chi connectivity index (χ2n) is 4.99. The fraction of sp³-hybridized carbons (Fsp3) is 0.692. The van der Waals surface area contributed by atoms with Crippen molar-refractivity contribution in [1.29, 1.82) is 0 Å². The highest BCUT2D eigenvalue weighted by atomic mass is 16.4. The fourth-order valence-corrected chi connectivity index (χ4v) is 3.04. The Morgan fingerprint density at radius 1 is 1.39 bits per heavy atom. The largest absolute Gasteiger partial charge is 0.480 e. The van der Waals surface area contributed by atoms with Gasteiger partial charge in [0.2, 0.25) is 5.91 Å². The molecular formula is C13H20N2O3. The van der Waals surface area contributed by atoms with Crippen LogP contribution in [0.4, 0.5) is 0 Å². The first-order valence-corrected chi connectivity index (χ1v) is 6.57. The molecule has 2 rings (SSSR count). The van der Waals surface area contributed by atoms with Gasteiger partial charge in [0.05, 0.1) is 5.92 Å². The molecule has 2 unspecified atom stereocenters. The van der Waals surface area contributed by atoms with E-state index in [1.807, 2.05) is 6.08 Å². The number of hydrogen-bond acceptors (Lipinski definition) is 3. The van der Waals surface area contributed by atoms with Crippen molar-refractivity contribution >= 4 is 11.9 Å². The number of carboxylic acids is 1. The van der Waals surface area contributed by atoms with Crippen molar-refractivity contribution < 1.29 is 14.7 Å². The second kappa shape index (κ2) is 5.52. The number of amides is 1. The van der Waals surface area contributed by atoms with E-state index in [2.05, 4.69) is 0 Å². The third kappa shape index (κ3) is 2.41. The maximum atomic E-state index is 12.4. The van der Waals surface area contributed by atoms with Crippen LogP contribution in [0.1, 0.15) is 32.1 Å². The Morgan fingerprint density at radius 2 is 2.17 bits per heavy atom. The number of carbonyl (C=O) groups excluding carboxylic acids is 1. The maximum Gasteiger partial charge on any atom is 0.326 e. The molecule has 18 heavy (non-hydrogen) atoms. The van der Waals surface area contributed by atoms with Crippen LogP contribution in [0.2, 0.25) is 0 Å². The minimum absolute atomic E-state index is 0.0166. The molecule has 1 heterocycles. The molecule has 1 saturated carbocycles. The average molecular weight is 252 g/mol. The molecule has 0 aromatic carbocycles. The van der Waals surface area contributed by atoms with Crippen LogP contribution >= 0.6 is 0 Å². The van der Waals surface area contributed by atoms with Crippen LogP contribution in [0.3, 0.4) is 0 Å². The zero-order chi connectivity index (χ0) is 13.1. The number of nitrogens with zero attached hydrogens (tertiary/aromatic N) is 1. The van der Waals surface area contributed by atoms with Crippen LogP contribution in [0.5, 0.6) is 0 Å². The van der Waals surface area contributed by atoms with Crippen molar-refractivity contribution in [3.05, 3.63) is 11.6 Å². The zero-order valence-electron chi connectivity index (χ0n) is 10.5. The molecule has 1 aliphatic heterocycles. The Hall–Kier alpha value is -1.36. The highest BCUT2D eigenvalue weighted by molar-refractivity contribution is 5.87. The first kappa shape index (κ1) is 13.1. The summed E-state index contributed by atoms with van der Waals surface area (Å²) in [7, 11) is 0. The van der Waals surface area contributed by atoms with Gasteiger partial charge in [-0.15, -0.1) is 0 Å². The number of likely N-dealkylation sites (tertiary alicyclic amines) is 1. The van der Waals surface area contributed by atoms with E-state index in [4.69, 9.17) is 10.8 Å². The molecule has 2 aliphatic rings. The zero-order valence-corrected chi connectivity index (χ0v) is 10.5. The third-order valence-electron chi connectivity index (χ3n) is 3.90. The van der Waals surface area contributed by atoms with Crippen molar-refractivity contribution in [3.63, 3.8) is 0 Å². The summed E-state index contributed by atoms with van der Waals surface area (Å²) >= 11 is 0. The molecule has 1 aliphatic carbocycles. The van der Waals surface area contributed by atoms with Crippen LogP contribution in [-0.4, -0.2) is 41.0 Å². The standard InChI is InChI=1S/C13H20N2O3/c14-7-6-9-3-1-4-10(9)12(16)15-8-2-5-11(15)13(17)18/h6,10-11H,1-5,7-8,14H2,(H,17,18)/b9-6+. The molecule has 0 spiro atoms. The molecule has 1 saturated heterocycles. The maximum absolute atomic E-state index is 12.4. The third-order valence-corrected chi connectivity index (χ3v) is 3.90. The van der Waals surface area contributed by atoms with Crippen LogP contribution in [0, 0.1) is 5.92 Å². The van der Waals surface area contributed by atoms with E-state index < -0.39 is 12.0 Å². The molecule has 2 fully saturated rings. The van der Waals surface area contributed by atoms with Crippen molar-refractivity contribution in [3.8, 4) is 0 Å². The number of nitrogens with two attached hydrogens (primary N) is 1. The van der Waals surface area contributed by atoms with E-state index in [1.165, 1.54) is 0 Å². The smallest absolute Gasteiger partial charge is 0.326 e. The molecule has 5 nitrogen and oxygen atoms in total. The van der Waals surface area contributed by atoms with E-state index in [0.717, 1.165) is 31.3 Å². The van der Waals surface area contributed by atoms with E-state index in [1.54, 1.807) is 4.90 Å². The quantitative estimate of drug-likeness (QED) is 0.726. The fourth-order valence-electron chi connectivity index (χ4n) is 3.04. The first-order valence-electron chi connectivity index (χ1n) is 6.57. The van der Waals surface area contributed by atoms with Crippen LogP contribution in [0.25, 0.3) is 0 Å². The predicted octanol–water partition coefficient (Wildman–Crippen LogP) is 0.747. The number of aliphatic carboxylic acids is 1. The minimum Gasteiger partial charge on any atom is -0.480 e. The summed E-state index contributed by atoms with van der Waals surface area (Å²) in [5.74, 6) is -1.03. The summed E-state index contributed by atoms with van der Waals surface area (Å²) in [5.41, 5.74) is 6.60. The summed E-state index contributed by atoms with van der Waals surface area (Å²) in [6, 6.07) is -0.628. The van der Waals surface area contributed by atoms with Crippen molar-refractivity contribution in [2.24, 2.45) is 11.7 Å². The molecule has 0 radical (unpaired) electrons. The Labute approximate surface area is 107 Å². The molecule has 3 N–H and O–H groups in total. The molecule has 0 aromatic heterocycles. The van der Waals surface area contributed by atoms with Gasteiger partial charge in [-0.05, 0) is 32.1 Å². The number of hydrogen-bond donors (Lipinski definition) is 2. The monoisotopic (exact) mass is 252 g/mol. The Kier molecular flexibility index (Phi) is 4.01. The van der Waals surface area contributed by atoms with Gasteiger partial charge in [0.25, 0.3) is 0 Å². The van der Waals surface area contributed by atoms with Gasteiger partial charge in [-0.1, -0.05) is 11.6 Å². The van der Waals surface area contributed by atoms with Crippen LogP contribution in [0.15, 0.2) is 11.6 Å². The minimum atomic E-state index is -0.886. The molecule has 100 valence electrons. The SMILES string of the molecule is NC/C=C1\CCCC1C(=O)N1CCCC1C(=O)O. The molecule has 5 heteroatoms. The van der Waals surface area contributed by atoms with Crippen molar-refractivity contribution in [1.82, 2.24) is 4.90 Å². The van der Waals surface area contributed by atoms with Crippen LogP contribution < -0.4 is 5.73 Å². The highest BCUT2D eigenvalue weighted by Gasteiger charge is 2.39. The molecular weight excluding hydrogens is 232 g/mol. The van der Waals surface area contributed by atoms with Gasteiger partial charge in [-0.25, -0.2) is 4.79 Å². The van der Waals surface area contributed by atoms with Gasteiger partial charge in [-0.3, -0.25) is 4.79 Å². The van der Waals surface area contributed by atoms with E-state index in [9.17, 15) is 9.59 Å². The van der Waals surface area contributed by atoms with Crippen molar-refractivity contribution in [2.45, 2.75) is 38.1 Å². The molecule has 0 aromatic rings. The summed E-state index contributed by atoms with van der Waals surface area (Å²) in [5, 5.41) is 9.12. The van der Waals surface area contributed by atoms with Crippen molar-refractivity contribution in [2.75, 3.05) is 13.1 Å². The first-order chi connectivity index (χ1) is 8.65. The second-order valence-corrected chi connectivity index (χ2v) is 4.99. The van der Waals surface area contributed by atoms with Gasteiger partial charge >= 0.3 is 5.97 Å². The lowest BCUT2D eigenvalue weighted by molar-refractivity contribution is -0.149. The number of carbonyl (C=O) groups is 2. The van der Waals surface area contributed by atoms with Gasteiger partial charge < -0.3 is 15.7 Å². The van der Waals surface area contributed by atoms with Gasteiger partial charge in [0.1, 0.15) is 6.04 Å².